The summed E-state index contributed by atoms with van der Waals surface area (Å²) >= 11 is 5.82. The summed E-state index contributed by atoms with van der Waals surface area (Å²) in [5.74, 6) is -1.02. The molecule has 1 heterocycles. The zero-order chi connectivity index (χ0) is 16.1. The predicted molar refractivity (Wildman–Crippen MR) is 82.4 cm³/mol. The molecule has 0 radical (unpaired) electrons. The van der Waals surface area contributed by atoms with Gasteiger partial charge in [-0.05, 0) is 30.7 Å². The van der Waals surface area contributed by atoms with Crippen LogP contribution in [0.5, 0.6) is 0 Å². The van der Waals surface area contributed by atoms with Crippen LogP contribution >= 0.6 is 11.6 Å². The second kappa shape index (κ2) is 7.24. The van der Waals surface area contributed by atoms with E-state index >= 15 is 0 Å². The molecule has 1 atom stereocenters. The van der Waals surface area contributed by atoms with Crippen molar-refractivity contribution in [3.8, 4) is 0 Å². The average molecular weight is 325 g/mol. The van der Waals surface area contributed by atoms with E-state index in [4.69, 9.17) is 17.3 Å². The van der Waals surface area contributed by atoms with E-state index in [0.29, 0.717) is 18.0 Å². The highest BCUT2D eigenvalue weighted by molar-refractivity contribution is 6.30. The van der Waals surface area contributed by atoms with Crippen molar-refractivity contribution in [2.45, 2.75) is 12.5 Å². The molecule has 1 fully saturated rings. The van der Waals surface area contributed by atoms with E-state index in [0.717, 1.165) is 5.69 Å². The second-order valence-corrected chi connectivity index (χ2v) is 5.29. The van der Waals surface area contributed by atoms with Gasteiger partial charge in [0.15, 0.2) is 0 Å². The van der Waals surface area contributed by atoms with Crippen LogP contribution < -0.4 is 21.3 Å². The van der Waals surface area contributed by atoms with Crippen LogP contribution in [0.15, 0.2) is 24.3 Å². The Labute approximate surface area is 132 Å². The molecular formula is C14H17ClN4O3. The van der Waals surface area contributed by atoms with Gasteiger partial charge in [-0.2, -0.15) is 0 Å². The number of halogens is 1. The van der Waals surface area contributed by atoms with Crippen LogP contribution in [-0.2, 0) is 14.4 Å². The highest BCUT2D eigenvalue weighted by Crippen LogP contribution is 2.23. The highest BCUT2D eigenvalue weighted by atomic mass is 35.5. The Balaban J connectivity index is 1.90. The Morgan fingerprint density at radius 1 is 1.27 bits per heavy atom. The fraction of sp³-hybridized carbons (Fsp3) is 0.357. The normalized spacial score (nSPS) is 17.5. The number of carbonyl (C=O) groups is 3. The maximum absolute atomic E-state index is 12.3. The molecule has 0 saturated carbocycles. The lowest BCUT2D eigenvalue weighted by Crippen LogP contribution is -2.46. The van der Waals surface area contributed by atoms with Crippen molar-refractivity contribution in [2.75, 3.05) is 24.5 Å². The number of anilines is 1. The smallest absolute Gasteiger partial charge is 0.249 e. The maximum atomic E-state index is 12.3. The van der Waals surface area contributed by atoms with Crippen LogP contribution in [0, 0.1) is 0 Å². The Morgan fingerprint density at radius 2 is 1.95 bits per heavy atom. The minimum atomic E-state index is -0.585. The first-order valence-electron chi connectivity index (χ1n) is 6.84. The van der Waals surface area contributed by atoms with Gasteiger partial charge in [-0.3, -0.25) is 14.4 Å². The Hall–Kier alpha value is -2.12. The number of nitrogens with zero attached hydrogens (tertiary/aromatic N) is 1. The number of amides is 3. The molecule has 118 valence electrons. The van der Waals surface area contributed by atoms with Gasteiger partial charge >= 0.3 is 0 Å². The van der Waals surface area contributed by atoms with Crippen molar-refractivity contribution in [2.24, 2.45) is 5.73 Å². The number of hydrogen-bond acceptors (Lipinski definition) is 4. The first-order valence-corrected chi connectivity index (χ1v) is 7.22. The molecule has 1 aromatic rings. The average Bonchev–Trinajstić information content (AvgIpc) is 2.87. The molecule has 0 bridgehead atoms. The zero-order valence-electron chi connectivity index (χ0n) is 11.8. The molecule has 1 aromatic carbocycles. The van der Waals surface area contributed by atoms with Crippen molar-refractivity contribution in [1.82, 2.24) is 10.6 Å². The van der Waals surface area contributed by atoms with Gasteiger partial charge in [0.1, 0.15) is 6.04 Å². The minimum Gasteiger partial charge on any atom is -0.346 e. The molecule has 1 aliphatic rings. The summed E-state index contributed by atoms with van der Waals surface area (Å²) in [6, 6.07) is 6.34. The summed E-state index contributed by atoms with van der Waals surface area (Å²) in [6.07, 6.45) is 0.512. The molecule has 4 N–H and O–H groups in total. The summed E-state index contributed by atoms with van der Waals surface area (Å²) < 4.78 is 0. The van der Waals surface area contributed by atoms with E-state index in [1.807, 2.05) is 0 Å². The van der Waals surface area contributed by atoms with Crippen LogP contribution in [0.4, 0.5) is 5.69 Å². The first kappa shape index (κ1) is 16.3. The van der Waals surface area contributed by atoms with Crippen molar-refractivity contribution in [1.29, 1.82) is 0 Å². The molecule has 1 saturated heterocycles. The van der Waals surface area contributed by atoms with Gasteiger partial charge in [-0.25, -0.2) is 0 Å². The van der Waals surface area contributed by atoms with Crippen LogP contribution in [0.1, 0.15) is 6.42 Å². The SMILES string of the molecule is NCC(=O)NCC(=O)NC1CCN(c2ccc(Cl)cc2)C1=O. The number of carbonyl (C=O) groups excluding carboxylic acids is 3. The molecule has 8 heteroatoms. The van der Waals surface area contributed by atoms with Gasteiger partial charge in [0.25, 0.3) is 0 Å². The van der Waals surface area contributed by atoms with Crippen molar-refractivity contribution < 1.29 is 14.4 Å². The second-order valence-electron chi connectivity index (χ2n) is 4.86. The van der Waals surface area contributed by atoms with E-state index in [1.54, 1.807) is 29.2 Å². The van der Waals surface area contributed by atoms with Gasteiger partial charge in [-0.1, -0.05) is 11.6 Å². The molecule has 22 heavy (non-hydrogen) atoms. The molecule has 2 rings (SSSR count). The van der Waals surface area contributed by atoms with Gasteiger partial charge in [-0.15, -0.1) is 0 Å². The molecule has 3 amide bonds. The van der Waals surface area contributed by atoms with Crippen molar-refractivity contribution >= 4 is 35.0 Å². The molecule has 1 aliphatic heterocycles. The minimum absolute atomic E-state index is 0.180. The van der Waals surface area contributed by atoms with E-state index in [1.165, 1.54) is 0 Å². The Morgan fingerprint density at radius 3 is 2.59 bits per heavy atom. The maximum Gasteiger partial charge on any atom is 0.249 e. The number of benzene rings is 1. The Bertz CT molecular complexity index is 576. The van der Waals surface area contributed by atoms with Gasteiger partial charge in [0.2, 0.25) is 17.7 Å². The fourth-order valence-corrected chi connectivity index (χ4v) is 2.31. The summed E-state index contributed by atoms with van der Waals surface area (Å²) in [4.78, 5) is 36.6. The lowest BCUT2D eigenvalue weighted by molar-refractivity contribution is -0.127. The van der Waals surface area contributed by atoms with E-state index in [9.17, 15) is 14.4 Å². The number of rotatable bonds is 5. The van der Waals surface area contributed by atoms with Gasteiger partial charge in [0, 0.05) is 17.3 Å². The summed E-state index contributed by atoms with van der Waals surface area (Å²) in [5, 5.41) is 5.56. The lowest BCUT2D eigenvalue weighted by atomic mass is 10.2. The third kappa shape index (κ3) is 3.96. The number of nitrogens with two attached hydrogens (primary N) is 1. The number of nitrogens with one attached hydrogen (secondary N) is 2. The molecular weight excluding hydrogens is 308 g/mol. The predicted octanol–water partition coefficient (Wildman–Crippen LogP) is -0.364. The largest absolute Gasteiger partial charge is 0.346 e. The highest BCUT2D eigenvalue weighted by Gasteiger charge is 2.33. The molecule has 7 nitrogen and oxygen atoms in total. The zero-order valence-corrected chi connectivity index (χ0v) is 12.6. The quantitative estimate of drug-likeness (QED) is 0.687. The van der Waals surface area contributed by atoms with Crippen molar-refractivity contribution in [3.63, 3.8) is 0 Å². The third-order valence-electron chi connectivity index (χ3n) is 3.31. The van der Waals surface area contributed by atoms with Crippen molar-refractivity contribution in [3.05, 3.63) is 29.3 Å². The van der Waals surface area contributed by atoms with Crippen LogP contribution in [0.2, 0.25) is 5.02 Å². The van der Waals surface area contributed by atoms with Crippen LogP contribution in [0.3, 0.4) is 0 Å². The molecule has 0 spiro atoms. The summed E-state index contributed by atoms with van der Waals surface area (Å²) in [7, 11) is 0. The molecule has 0 aromatic heterocycles. The topological polar surface area (TPSA) is 105 Å². The van der Waals surface area contributed by atoms with Crippen LogP contribution in [0.25, 0.3) is 0 Å². The monoisotopic (exact) mass is 324 g/mol. The third-order valence-corrected chi connectivity index (χ3v) is 3.56. The van der Waals surface area contributed by atoms with Crippen LogP contribution in [-0.4, -0.2) is 43.4 Å². The Kier molecular flexibility index (Phi) is 5.35. The molecule has 0 aliphatic carbocycles. The van der Waals surface area contributed by atoms with E-state index in [2.05, 4.69) is 10.6 Å². The summed E-state index contributed by atoms with van der Waals surface area (Å²) in [6.45, 7) is 0.140. The fourth-order valence-electron chi connectivity index (χ4n) is 2.19. The molecule has 1 unspecified atom stereocenters. The standard InChI is InChI=1S/C14H17ClN4O3/c15-9-1-3-10(4-2-9)19-6-5-11(14(19)22)18-13(21)8-17-12(20)7-16/h1-4,11H,5-8,16H2,(H,17,20)(H,18,21). The first-order chi connectivity index (χ1) is 10.5. The summed E-state index contributed by atoms with van der Waals surface area (Å²) in [5.41, 5.74) is 5.86. The lowest BCUT2D eigenvalue weighted by Gasteiger charge is -2.17. The van der Waals surface area contributed by atoms with Gasteiger partial charge < -0.3 is 21.3 Å². The van der Waals surface area contributed by atoms with E-state index in [-0.39, 0.29) is 19.0 Å². The number of hydrogen-bond donors (Lipinski definition) is 3. The van der Waals surface area contributed by atoms with E-state index < -0.39 is 17.9 Å². The van der Waals surface area contributed by atoms with Gasteiger partial charge in [0.05, 0.1) is 13.1 Å².